The van der Waals surface area contributed by atoms with E-state index >= 15 is 0 Å². The third-order valence-corrected chi connectivity index (χ3v) is 5.47. The van der Waals surface area contributed by atoms with Gasteiger partial charge in [-0.3, -0.25) is 9.58 Å². The highest BCUT2D eigenvalue weighted by Crippen LogP contribution is 2.40. The Hall–Kier alpha value is -0.870. The molecule has 0 amide bonds. The molecule has 3 rings (SSSR count). The number of nitrogens with zero attached hydrogens (tertiary/aromatic N) is 4. The lowest BCUT2D eigenvalue weighted by molar-refractivity contribution is 0.158. The van der Waals surface area contributed by atoms with E-state index in [-0.39, 0.29) is 0 Å². The van der Waals surface area contributed by atoms with Crippen LogP contribution in [0.15, 0.2) is 6.07 Å². The van der Waals surface area contributed by atoms with Crippen LogP contribution in [0.5, 0.6) is 0 Å². The van der Waals surface area contributed by atoms with Gasteiger partial charge in [-0.15, -0.1) is 0 Å². The summed E-state index contributed by atoms with van der Waals surface area (Å²) in [7, 11) is 6.47. The molecule has 118 valence electrons. The van der Waals surface area contributed by atoms with Gasteiger partial charge < -0.3 is 4.90 Å². The zero-order valence-electron chi connectivity index (χ0n) is 14.0. The molecule has 1 aliphatic heterocycles. The Bertz CT molecular complexity index is 460. The van der Waals surface area contributed by atoms with Gasteiger partial charge in [-0.05, 0) is 57.7 Å². The van der Waals surface area contributed by atoms with Crippen molar-refractivity contribution in [2.45, 2.75) is 32.7 Å². The molecule has 0 radical (unpaired) electrons. The molecule has 0 bridgehead atoms. The molecule has 4 heteroatoms. The van der Waals surface area contributed by atoms with Gasteiger partial charge in [0.25, 0.3) is 0 Å². The second kappa shape index (κ2) is 6.09. The van der Waals surface area contributed by atoms with Crippen molar-refractivity contribution in [3.05, 3.63) is 17.5 Å². The molecule has 0 unspecified atom stereocenters. The first-order valence-corrected chi connectivity index (χ1v) is 8.39. The maximum atomic E-state index is 4.63. The monoisotopic (exact) mass is 290 g/mol. The van der Waals surface area contributed by atoms with Gasteiger partial charge in [-0.1, -0.05) is 6.42 Å². The zero-order chi connectivity index (χ0) is 15.0. The highest BCUT2D eigenvalue weighted by Gasteiger charge is 2.40. The standard InChI is InChI=1S/C17H30N4/c1-13-8-16(18-20(13)4)11-21-10-15-7-5-6-14(9-19(2)3)17(15)12-21/h8,14-15,17H,5-7,9-12H2,1-4H3/t14-,15+,17+/m0/s1. The number of rotatable bonds is 4. The lowest BCUT2D eigenvalue weighted by atomic mass is 9.74. The van der Waals surface area contributed by atoms with Gasteiger partial charge in [-0.25, -0.2) is 0 Å². The summed E-state index contributed by atoms with van der Waals surface area (Å²) in [6, 6.07) is 2.24. The van der Waals surface area contributed by atoms with E-state index in [0.717, 1.165) is 24.3 Å². The molecule has 0 aromatic carbocycles. The van der Waals surface area contributed by atoms with E-state index in [4.69, 9.17) is 0 Å². The Morgan fingerprint density at radius 2 is 2.10 bits per heavy atom. The number of hydrogen-bond acceptors (Lipinski definition) is 3. The van der Waals surface area contributed by atoms with Crippen LogP contribution in [0.25, 0.3) is 0 Å². The third-order valence-electron chi connectivity index (χ3n) is 5.47. The lowest BCUT2D eigenvalue weighted by Crippen LogP contribution is -2.34. The van der Waals surface area contributed by atoms with Crippen molar-refractivity contribution in [2.24, 2.45) is 24.8 Å². The molecule has 3 atom stereocenters. The smallest absolute Gasteiger partial charge is 0.0767 e. The number of likely N-dealkylation sites (tertiary alicyclic amines) is 1. The molecule has 4 nitrogen and oxygen atoms in total. The maximum absolute atomic E-state index is 4.63. The van der Waals surface area contributed by atoms with Crippen LogP contribution in [0.4, 0.5) is 0 Å². The van der Waals surface area contributed by atoms with Gasteiger partial charge in [0.1, 0.15) is 0 Å². The van der Waals surface area contributed by atoms with E-state index < -0.39 is 0 Å². The Labute approximate surface area is 129 Å². The molecule has 2 fully saturated rings. The fourth-order valence-corrected chi connectivity index (χ4v) is 4.45. The molecule has 1 saturated carbocycles. The van der Waals surface area contributed by atoms with Crippen molar-refractivity contribution in [3.8, 4) is 0 Å². The maximum Gasteiger partial charge on any atom is 0.0767 e. The predicted octanol–water partition coefficient (Wildman–Crippen LogP) is 2.14. The van der Waals surface area contributed by atoms with E-state index in [2.05, 4.69) is 42.0 Å². The summed E-state index contributed by atoms with van der Waals surface area (Å²) in [6.45, 7) is 6.98. The van der Waals surface area contributed by atoms with Crippen molar-refractivity contribution in [1.82, 2.24) is 19.6 Å². The molecule has 21 heavy (non-hydrogen) atoms. The fraction of sp³-hybridized carbons (Fsp3) is 0.824. The Morgan fingerprint density at radius 3 is 2.76 bits per heavy atom. The van der Waals surface area contributed by atoms with Crippen LogP contribution < -0.4 is 0 Å². The summed E-state index contributed by atoms with van der Waals surface area (Å²) >= 11 is 0. The Morgan fingerprint density at radius 1 is 1.29 bits per heavy atom. The van der Waals surface area contributed by atoms with Crippen LogP contribution in [0, 0.1) is 24.7 Å². The first-order valence-electron chi connectivity index (χ1n) is 8.39. The first kappa shape index (κ1) is 15.0. The minimum Gasteiger partial charge on any atom is -0.309 e. The van der Waals surface area contributed by atoms with Crippen LogP contribution in [-0.4, -0.2) is 53.3 Å². The SMILES string of the molecule is Cc1cc(CN2C[C@H]3CCC[C@@H](CN(C)C)[C@H]3C2)nn1C. The second-order valence-electron chi connectivity index (χ2n) is 7.47. The van der Waals surface area contributed by atoms with Gasteiger partial charge in [0.05, 0.1) is 5.69 Å². The third kappa shape index (κ3) is 3.32. The molecule has 1 aliphatic carbocycles. The number of fused-ring (bicyclic) bond motifs is 1. The van der Waals surface area contributed by atoms with E-state index in [1.165, 1.54) is 50.3 Å². The summed E-state index contributed by atoms with van der Waals surface area (Å²) in [5.74, 6) is 2.73. The highest BCUT2D eigenvalue weighted by molar-refractivity contribution is 5.09. The molecule has 0 spiro atoms. The summed E-state index contributed by atoms with van der Waals surface area (Å²) in [5, 5.41) is 4.63. The van der Waals surface area contributed by atoms with Crippen LogP contribution >= 0.6 is 0 Å². The van der Waals surface area contributed by atoms with Gasteiger partial charge in [0.2, 0.25) is 0 Å². The molecule has 1 saturated heterocycles. The first-order chi connectivity index (χ1) is 10.0. The molecule has 0 N–H and O–H groups in total. The van der Waals surface area contributed by atoms with Crippen molar-refractivity contribution >= 4 is 0 Å². The van der Waals surface area contributed by atoms with E-state index in [1.807, 2.05) is 11.7 Å². The molecule has 2 heterocycles. The normalized spacial score (nSPS) is 30.0. The molecule has 2 aliphatic rings. The predicted molar refractivity (Wildman–Crippen MR) is 86.1 cm³/mol. The molecular formula is C17H30N4. The Balaban J connectivity index is 1.63. The van der Waals surface area contributed by atoms with Crippen LogP contribution in [0.2, 0.25) is 0 Å². The average Bonchev–Trinajstić information content (AvgIpc) is 2.94. The van der Waals surface area contributed by atoms with Crippen molar-refractivity contribution < 1.29 is 0 Å². The summed E-state index contributed by atoms with van der Waals surface area (Å²) < 4.78 is 1.99. The van der Waals surface area contributed by atoms with Gasteiger partial charge in [0, 0.05) is 38.9 Å². The summed E-state index contributed by atoms with van der Waals surface area (Å²) in [4.78, 5) is 5.02. The van der Waals surface area contributed by atoms with Crippen LogP contribution in [-0.2, 0) is 13.6 Å². The van der Waals surface area contributed by atoms with Gasteiger partial charge in [-0.2, -0.15) is 5.10 Å². The fourth-order valence-electron chi connectivity index (χ4n) is 4.45. The number of aromatic nitrogens is 2. The summed E-state index contributed by atoms with van der Waals surface area (Å²) in [5.41, 5.74) is 2.49. The van der Waals surface area contributed by atoms with Crippen LogP contribution in [0.1, 0.15) is 30.7 Å². The average molecular weight is 290 g/mol. The minimum atomic E-state index is 0.897. The number of hydrogen-bond donors (Lipinski definition) is 0. The highest BCUT2D eigenvalue weighted by atomic mass is 15.3. The molecule has 1 aromatic rings. The largest absolute Gasteiger partial charge is 0.309 e. The second-order valence-corrected chi connectivity index (χ2v) is 7.47. The van der Waals surface area contributed by atoms with E-state index in [9.17, 15) is 0 Å². The molecular weight excluding hydrogens is 260 g/mol. The van der Waals surface area contributed by atoms with Gasteiger partial charge in [0.15, 0.2) is 0 Å². The zero-order valence-corrected chi connectivity index (χ0v) is 14.0. The van der Waals surface area contributed by atoms with Crippen molar-refractivity contribution in [2.75, 3.05) is 33.7 Å². The van der Waals surface area contributed by atoms with Crippen molar-refractivity contribution in [3.63, 3.8) is 0 Å². The minimum absolute atomic E-state index is 0.897. The topological polar surface area (TPSA) is 24.3 Å². The number of aryl methyl sites for hydroxylation is 2. The van der Waals surface area contributed by atoms with E-state index in [0.29, 0.717) is 0 Å². The quantitative estimate of drug-likeness (QED) is 0.849. The van der Waals surface area contributed by atoms with Gasteiger partial charge >= 0.3 is 0 Å². The Kier molecular flexibility index (Phi) is 4.36. The van der Waals surface area contributed by atoms with Crippen LogP contribution in [0.3, 0.4) is 0 Å². The van der Waals surface area contributed by atoms with E-state index in [1.54, 1.807) is 0 Å². The molecule has 1 aromatic heterocycles. The summed E-state index contributed by atoms with van der Waals surface area (Å²) in [6.07, 6.45) is 4.29. The lowest BCUT2D eigenvalue weighted by Gasteiger charge is -2.34. The van der Waals surface area contributed by atoms with Crippen molar-refractivity contribution in [1.29, 1.82) is 0 Å².